The van der Waals surface area contributed by atoms with Crippen molar-refractivity contribution >= 4 is 5.97 Å². The van der Waals surface area contributed by atoms with Crippen LogP contribution in [0.1, 0.15) is 67.2 Å². The van der Waals surface area contributed by atoms with E-state index < -0.39 is 0 Å². The Bertz CT molecular complexity index is 324. The average Bonchev–Trinajstić information content (AvgIpc) is 2.26. The fourth-order valence-electron chi connectivity index (χ4n) is 1.98. The number of carbonyl (C=O) groups is 1. The lowest BCUT2D eigenvalue weighted by Crippen LogP contribution is -2.08. The summed E-state index contributed by atoms with van der Waals surface area (Å²) in [6.45, 7) is 12.5. The fourth-order valence-corrected chi connectivity index (χ4v) is 1.98. The molecule has 0 aromatic carbocycles. The average molecular weight is 280 g/mol. The number of ether oxygens (including phenoxy) is 1. The molecule has 2 heteroatoms. The third-order valence-corrected chi connectivity index (χ3v) is 3.09. The first-order valence-corrected chi connectivity index (χ1v) is 7.86. The maximum atomic E-state index is 11.4. The summed E-state index contributed by atoms with van der Waals surface area (Å²) in [7, 11) is 0. The second-order valence-electron chi connectivity index (χ2n) is 6.44. The molecule has 0 aliphatic rings. The van der Waals surface area contributed by atoms with Crippen LogP contribution in [-0.4, -0.2) is 12.1 Å². The molecular weight excluding hydrogens is 248 g/mol. The zero-order chi connectivity index (χ0) is 15.5. The topological polar surface area (TPSA) is 26.3 Å². The highest BCUT2D eigenvalue weighted by Gasteiger charge is 2.02. The summed E-state index contributed by atoms with van der Waals surface area (Å²) < 4.78 is 5.07. The summed E-state index contributed by atoms with van der Waals surface area (Å²) in [5, 5.41) is 0. The van der Waals surface area contributed by atoms with Crippen molar-refractivity contribution in [1.29, 1.82) is 0 Å². The highest BCUT2D eigenvalue weighted by molar-refractivity contribution is 5.83. The van der Waals surface area contributed by atoms with Crippen molar-refractivity contribution < 1.29 is 9.53 Å². The van der Waals surface area contributed by atoms with E-state index in [0.717, 1.165) is 17.9 Å². The Kier molecular flexibility index (Phi) is 10.1. The number of rotatable bonds is 9. The van der Waals surface area contributed by atoms with Crippen LogP contribution in [0.2, 0.25) is 0 Å². The molecule has 0 aliphatic carbocycles. The van der Waals surface area contributed by atoms with E-state index >= 15 is 0 Å². The first-order chi connectivity index (χ1) is 9.31. The molecule has 0 radical (unpaired) electrons. The Morgan fingerprint density at radius 1 is 1.10 bits per heavy atom. The predicted molar refractivity (Wildman–Crippen MR) is 86.6 cm³/mol. The number of hydrogen-bond acceptors (Lipinski definition) is 2. The standard InChI is InChI=1S/C18H32O2/c1-14(2)9-7-10-16(5)11-8-12-17(6)13-18(19)20-15(3)4/h8,12-16H,7,9-11H2,1-6H3/b12-8+,17-13-. The van der Waals surface area contributed by atoms with Gasteiger partial charge in [0.1, 0.15) is 0 Å². The molecule has 0 heterocycles. The number of carbonyl (C=O) groups excluding carboxylic acids is 1. The number of hydrogen-bond donors (Lipinski definition) is 0. The van der Waals surface area contributed by atoms with Gasteiger partial charge in [0, 0.05) is 6.08 Å². The van der Waals surface area contributed by atoms with Gasteiger partial charge in [0.2, 0.25) is 0 Å². The molecule has 0 amide bonds. The van der Waals surface area contributed by atoms with Crippen LogP contribution >= 0.6 is 0 Å². The normalized spacial score (nSPS) is 14.3. The molecule has 0 aromatic rings. The fraction of sp³-hybridized carbons (Fsp3) is 0.722. The summed E-state index contributed by atoms with van der Waals surface area (Å²) >= 11 is 0. The largest absolute Gasteiger partial charge is 0.460 e. The molecular formula is C18H32O2. The maximum absolute atomic E-state index is 11.4. The van der Waals surface area contributed by atoms with Gasteiger partial charge in [-0.05, 0) is 44.6 Å². The molecule has 0 saturated heterocycles. The van der Waals surface area contributed by atoms with Gasteiger partial charge in [-0.1, -0.05) is 52.2 Å². The van der Waals surface area contributed by atoms with Crippen LogP contribution in [0.3, 0.4) is 0 Å². The van der Waals surface area contributed by atoms with Gasteiger partial charge in [-0.3, -0.25) is 0 Å². The van der Waals surface area contributed by atoms with Crippen molar-refractivity contribution in [1.82, 2.24) is 0 Å². The minimum atomic E-state index is -0.257. The van der Waals surface area contributed by atoms with Crippen LogP contribution in [0, 0.1) is 11.8 Å². The Labute approximate surface area is 125 Å². The van der Waals surface area contributed by atoms with Gasteiger partial charge in [0.05, 0.1) is 6.10 Å². The molecule has 116 valence electrons. The van der Waals surface area contributed by atoms with Crippen molar-refractivity contribution in [3.8, 4) is 0 Å². The summed E-state index contributed by atoms with van der Waals surface area (Å²) in [5.41, 5.74) is 0.949. The molecule has 0 N–H and O–H groups in total. The van der Waals surface area contributed by atoms with E-state index in [1.165, 1.54) is 19.3 Å². The molecule has 20 heavy (non-hydrogen) atoms. The van der Waals surface area contributed by atoms with E-state index in [1.54, 1.807) is 6.08 Å². The molecule has 0 rings (SSSR count). The van der Waals surface area contributed by atoms with Crippen molar-refractivity contribution in [2.45, 2.75) is 73.3 Å². The molecule has 0 saturated carbocycles. The van der Waals surface area contributed by atoms with Gasteiger partial charge >= 0.3 is 5.97 Å². The van der Waals surface area contributed by atoms with Crippen molar-refractivity contribution in [2.75, 3.05) is 0 Å². The summed E-state index contributed by atoms with van der Waals surface area (Å²) in [4.78, 5) is 11.4. The lowest BCUT2D eigenvalue weighted by Gasteiger charge is -2.09. The van der Waals surface area contributed by atoms with Gasteiger partial charge < -0.3 is 4.74 Å². The van der Waals surface area contributed by atoms with Gasteiger partial charge in [-0.25, -0.2) is 4.79 Å². The van der Waals surface area contributed by atoms with Crippen LogP contribution in [0.15, 0.2) is 23.8 Å². The highest BCUT2D eigenvalue weighted by Crippen LogP contribution is 2.15. The Morgan fingerprint density at radius 2 is 1.75 bits per heavy atom. The van der Waals surface area contributed by atoms with Crippen molar-refractivity contribution in [2.24, 2.45) is 11.8 Å². The predicted octanol–water partition coefficient (Wildman–Crippen LogP) is 5.29. The third kappa shape index (κ3) is 12.0. The monoisotopic (exact) mass is 280 g/mol. The van der Waals surface area contributed by atoms with Gasteiger partial charge in [0.25, 0.3) is 0 Å². The second kappa shape index (κ2) is 10.7. The Balaban J connectivity index is 3.98. The number of allylic oxidation sites excluding steroid dienone is 3. The van der Waals surface area contributed by atoms with E-state index in [4.69, 9.17) is 4.74 Å². The third-order valence-electron chi connectivity index (χ3n) is 3.09. The molecule has 1 unspecified atom stereocenters. The molecule has 0 aromatic heterocycles. The van der Waals surface area contributed by atoms with E-state index in [-0.39, 0.29) is 12.1 Å². The lowest BCUT2D eigenvalue weighted by molar-refractivity contribution is -0.141. The van der Waals surface area contributed by atoms with E-state index in [1.807, 2.05) is 26.8 Å². The minimum Gasteiger partial charge on any atom is -0.460 e. The van der Waals surface area contributed by atoms with Crippen molar-refractivity contribution in [3.05, 3.63) is 23.8 Å². The summed E-state index contributed by atoms with van der Waals surface area (Å²) in [6.07, 6.45) is 10.6. The van der Waals surface area contributed by atoms with Crippen LogP contribution in [0.25, 0.3) is 0 Å². The maximum Gasteiger partial charge on any atom is 0.331 e. The minimum absolute atomic E-state index is 0.0588. The van der Waals surface area contributed by atoms with Crippen LogP contribution in [0.4, 0.5) is 0 Å². The van der Waals surface area contributed by atoms with Gasteiger partial charge in [-0.2, -0.15) is 0 Å². The zero-order valence-corrected chi connectivity index (χ0v) is 14.1. The van der Waals surface area contributed by atoms with Gasteiger partial charge in [-0.15, -0.1) is 0 Å². The molecule has 0 aliphatic heterocycles. The molecule has 0 bridgehead atoms. The van der Waals surface area contributed by atoms with E-state index in [0.29, 0.717) is 5.92 Å². The smallest absolute Gasteiger partial charge is 0.331 e. The molecule has 0 fully saturated rings. The van der Waals surface area contributed by atoms with Crippen LogP contribution in [0.5, 0.6) is 0 Å². The Hall–Kier alpha value is -1.05. The first kappa shape index (κ1) is 18.9. The summed E-state index contributed by atoms with van der Waals surface area (Å²) in [6, 6.07) is 0. The lowest BCUT2D eigenvalue weighted by atomic mass is 9.97. The van der Waals surface area contributed by atoms with E-state index in [2.05, 4.69) is 26.8 Å². The second-order valence-corrected chi connectivity index (χ2v) is 6.44. The highest BCUT2D eigenvalue weighted by atomic mass is 16.5. The SMILES string of the molecule is CC(=C/C(=O)OC(C)C)/C=C/CC(C)CCCC(C)C. The Morgan fingerprint density at radius 3 is 2.30 bits per heavy atom. The zero-order valence-electron chi connectivity index (χ0n) is 14.1. The van der Waals surface area contributed by atoms with Crippen LogP contribution < -0.4 is 0 Å². The molecule has 1 atom stereocenters. The van der Waals surface area contributed by atoms with Crippen LogP contribution in [-0.2, 0) is 9.53 Å². The molecule has 2 nitrogen and oxygen atoms in total. The summed E-state index contributed by atoms with van der Waals surface area (Å²) in [5.74, 6) is 1.25. The first-order valence-electron chi connectivity index (χ1n) is 7.86. The number of esters is 1. The van der Waals surface area contributed by atoms with Gasteiger partial charge in [0.15, 0.2) is 0 Å². The van der Waals surface area contributed by atoms with Crippen molar-refractivity contribution in [3.63, 3.8) is 0 Å². The quantitative estimate of drug-likeness (QED) is 0.326. The van der Waals surface area contributed by atoms with E-state index in [9.17, 15) is 4.79 Å². The molecule has 0 spiro atoms.